The smallest absolute Gasteiger partial charge is 0.305 e. The number of likely N-dealkylation sites (N-methyl/N-ethyl adjacent to an activating group) is 1. The van der Waals surface area contributed by atoms with Crippen LogP contribution in [-0.4, -0.2) is 112 Å². The maximum absolute atomic E-state index is 14.3. The lowest BCUT2D eigenvalue weighted by atomic mass is 9.94. The van der Waals surface area contributed by atoms with Gasteiger partial charge < -0.3 is 29.5 Å². The fraction of sp³-hybridized carbons (Fsp3) is 0.413. The van der Waals surface area contributed by atoms with Crippen LogP contribution in [0.2, 0.25) is 0 Å². The van der Waals surface area contributed by atoms with Crippen molar-refractivity contribution in [3.63, 3.8) is 0 Å². The molecule has 0 spiro atoms. The Morgan fingerprint density at radius 3 is 2.51 bits per heavy atom. The molecule has 3 aromatic carbocycles. The number of phenols is 1. The van der Waals surface area contributed by atoms with E-state index in [2.05, 4.69) is 27.8 Å². The molecule has 0 unspecified atom stereocenters. The van der Waals surface area contributed by atoms with Crippen molar-refractivity contribution < 1.29 is 33.8 Å². The molecule has 1 saturated heterocycles. The number of halogens is 1. The second-order valence-corrected chi connectivity index (χ2v) is 16.6. The lowest BCUT2D eigenvalue weighted by Gasteiger charge is -2.41. The van der Waals surface area contributed by atoms with E-state index in [9.17, 15) is 34.3 Å². The molecule has 15 heteroatoms. The van der Waals surface area contributed by atoms with E-state index in [1.54, 1.807) is 32.0 Å². The molecule has 0 aliphatic carbocycles. The molecule has 61 heavy (non-hydrogen) atoms. The van der Waals surface area contributed by atoms with E-state index in [0.717, 1.165) is 27.6 Å². The minimum absolute atomic E-state index is 0.0455. The third-order valence-electron chi connectivity index (χ3n) is 11.4. The normalized spacial score (nSPS) is 18.5. The number of carbonyl (C=O) groups is 5. The van der Waals surface area contributed by atoms with Crippen LogP contribution in [0.25, 0.3) is 33.2 Å². The van der Waals surface area contributed by atoms with Gasteiger partial charge in [0.15, 0.2) is 0 Å². The Morgan fingerprint density at radius 2 is 1.80 bits per heavy atom. The number of benzene rings is 3. The van der Waals surface area contributed by atoms with Gasteiger partial charge in [0.05, 0.1) is 24.2 Å². The number of hydrazone groups is 1. The highest BCUT2D eigenvalue weighted by Gasteiger charge is 2.41. The van der Waals surface area contributed by atoms with Gasteiger partial charge in [-0.1, -0.05) is 57.2 Å². The molecular weight excluding hydrogens is 798 g/mol. The summed E-state index contributed by atoms with van der Waals surface area (Å²) in [6.07, 6.45) is 2.89. The molecule has 2 N–H and O–H groups in total. The van der Waals surface area contributed by atoms with Crippen LogP contribution in [0.15, 0.2) is 72.0 Å². The van der Waals surface area contributed by atoms with Crippen molar-refractivity contribution >= 4 is 58.8 Å². The molecular formula is C46H52ClN7O7. The Balaban J connectivity index is 1.37. The molecule has 6 rings (SSSR count). The summed E-state index contributed by atoms with van der Waals surface area (Å²) < 4.78 is 7.77. The van der Waals surface area contributed by atoms with Gasteiger partial charge in [0.1, 0.15) is 23.7 Å². The van der Waals surface area contributed by atoms with Crippen LogP contribution in [0, 0.1) is 29.1 Å². The standard InChI is InChI=1S/C46H52ClN7O7/c1-28(2)43(51(5)45(59)34-24-53(25-34)41(56)21-47)44(58)50-39-18-30-16-33(19-35(55)17-30)31-13-14-37-38(36-11-7-6-10-32(36)22-48)26-52(40(37)20-31)23-29(3)27-61-42(57)12-8-9-15-54(49-4)46(39)60/h6-7,10-11,13-14,16-17,19-20,26,28-29,34,39,43,55H,4,8-9,12,15,18,21,23-25,27H2,1-3,5H3,(H,50,58)/t29-,39-,43-/m0/s1. The van der Waals surface area contributed by atoms with Gasteiger partial charge in [0.2, 0.25) is 17.7 Å². The SMILES string of the molecule is C=NN1CCCCC(=O)OC[C@@H](C)Cn2cc(-c3ccccc3C#N)c3ccc(cc32)-c2cc(O)cc(c2)C[C@H](NC(=O)[C@H](C(C)C)N(C)C(=O)C2CN(C(=O)CCl)C2)C1=O. The first-order valence-electron chi connectivity index (χ1n) is 20.5. The lowest BCUT2D eigenvalue weighted by Crippen LogP contribution is -2.61. The van der Waals surface area contributed by atoms with Crippen LogP contribution in [0.4, 0.5) is 0 Å². The third kappa shape index (κ3) is 10.1. The van der Waals surface area contributed by atoms with E-state index >= 15 is 0 Å². The predicted molar refractivity (Wildman–Crippen MR) is 232 cm³/mol. The van der Waals surface area contributed by atoms with Gasteiger partial charge >= 0.3 is 5.97 Å². The summed E-state index contributed by atoms with van der Waals surface area (Å²) in [4.78, 5) is 69.9. The monoisotopic (exact) mass is 849 g/mol. The zero-order chi connectivity index (χ0) is 44.0. The maximum Gasteiger partial charge on any atom is 0.305 e. The molecule has 1 aromatic heterocycles. The van der Waals surface area contributed by atoms with Crippen LogP contribution in [-0.2, 0) is 41.7 Å². The van der Waals surface area contributed by atoms with Crippen molar-refractivity contribution in [1.82, 2.24) is 24.7 Å². The number of aromatic nitrogens is 1. The van der Waals surface area contributed by atoms with Crippen molar-refractivity contribution in [3.8, 4) is 34.1 Å². The van der Waals surface area contributed by atoms with Crippen molar-refractivity contribution in [2.45, 2.75) is 65.1 Å². The average molecular weight is 850 g/mol. The highest BCUT2D eigenvalue weighted by molar-refractivity contribution is 6.27. The van der Waals surface area contributed by atoms with E-state index in [0.29, 0.717) is 36.1 Å². The number of aromatic hydroxyl groups is 1. The Kier molecular flexibility index (Phi) is 14.1. The van der Waals surface area contributed by atoms with E-state index in [1.165, 1.54) is 21.9 Å². The lowest BCUT2D eigenvalue weighted by molar-refractivity contribution is -0.152. The molecule has 320 valence electrons. The first-order valence-corrected chi connectivity index (χ1v) is 21.1. The summed E-state index contributed by atoms with van der Waals surface area (Å²) in [6.45, 7) is 10.4. The number of esters is 1. The number of nitrogens with one attached hydrogen (secondary N) is 1. The molecule has 3 atom stereocenters. The Labute approximate surface area is 360 Å². The number of nitriles is 1. The molecule has 4 aromatic rings. The van der Waals surface area contributed by atoms with E-state index < -0.39 is 29.8 Å². The highest BCUT2D eigenvalue weighted by Crippen LogP contribution is 2.37. The third-order valence-corrected chi connectivity index (χ3v) is 11.6. The van der Waals surface area contributed by atoms with E-state index in [-0.39, 0.29) is 80.3 Å². The number of amides is 4. The summed E-state index contributed by atoms with van der Waals surface area (Å²) in [5.41, 5.74) is 5.03. The number of nitrogens with zero attached hydrogens (tertiary/aromatic N) is 6. The second kappa shape index (κ2) is 19.5. The number of hydrogen-bond acceptors (Lipinski definition) is 9. The van der Waals surface area contributed by atoms with Crippen LogP contribution in [0.3, 0.4) is 0 Å². The Hall–Kier alpha value is -6.20. The van der Waals surface area contributed by atoms with Gasteiger partial charge in [0.25, 0.3) is 5.91 Å². The predicted octanol–water partition coefficient (Wildman–Crippen LogP) is 5.57. The van der Waals surface area contributed by atoms with Gasteiger partial charge in [-0.05, 0) is 59.7 Å². The molecule has 3 heterocycles. The van der Waals surface area contributed by atoms with Gasteiger partial charge in [-0.2, -0.15) is 10.4 Å². The van der Waals surface area contributed by atoms with Crippen LogP contribution < -0.4 is 5.32 Å². The van der Waals surface area contributed by atoms with Gasteiger partial charge in [-0.15, -0.1) is 11.6 Å². The first kappa shape index (κ1) is 44.4. The largest absolute Gasteiger partial charge is 0.508 e. The molecule has 14 nitrogen and oxygen atoms in total. The molecule has 4 amide bonds. The van der Waals surface area contributed by atoms with Crippen LogP contribution in [0.5, 0.6) is 5.75 Å². The van der Waals surface area contributed by atoms with E-state index in [4.69, 9.17) is 16.3 Å². The van der Waals surface area contributed by atoms with Crippen molar-refractivity contribution in [2.75, 3.05) is 39.2 Å². The summed E-state index contributed by atoms with van der Waals surface area (Å²) >= 11 is 5.69. The average Bonchev–Trinajstić information content (AvgIpc) is 3.57. The molecule has 0 radical (unpaired) electrons. The topological polar surface area (TPSA) is 178 Å². The van der Waals surface area contributed by atoms with Crippen LogP contribution >= 0.6 is 11.6 Å². The summed E-state index contributed by atoms with van der Waals surface area (Å²) in [5.74, 6) is -3.21. The summed E-state index contributed by atoms with van der Waals surface area (Å²) in [6, 6.07) is 18.5. The van der Waals surface area contributed by atoms with E-state index in [1.807, 2.05) is 55.6 Å². The molecule has 1 fully saturated rings. The number of alkyl halides is 1. The van der Waals surface area contributed by atoms with Gasteiger partial charge in [-0.3, -0.25) is 24.0 Å². The van der Waals surface area contributed by atoms with Crippen LogP contribution in [0.1, 0.15) is 51.2 Å². The number of carbonyl (C=O) groups excluding carboxylic acids is 5. The number of rotatable bonds is 8. The fourth-order valence-corrected chi connectivity index (χ4v) is 8.40. The molecule has 4 bridgehead atoms. The number of phenolic OH excluding ortho intramolecular Hbond substituents is 1. The van der Waals surface area contributed by atoms with Gasteiger partial charge in [0, 0.05) is 86.9 Å². The van der Waals surface area contributed by atoms with Crippen molar-refractivity contribution in [3.05, 3.63) is 78.0 Å². The minimum Gasteiger partial charge on any atom is -0.508 e. The maximum atomic E-state index is 14.3. The first-order chi connectivity index (χ1) is 29.2. The summed E-state index contributed by atoms with van der Waals surface area (Å²) in [7, 11) is 1.54. The number of likely N-dealkylation sites (tertiary alicyclic amines) is 1. The number of hydrogen-bond donors (Lipinski definition) is 2. The highest BCUT2D eigenvalue weighted by atomic mass is 35.5. The molecule has 0 saturated carbocycles. The molecule has 2 aliphatic heterocycles. The summed E-state index contributed by atoms with van der Waals surface area (Å²) in [5, 5.41) is 30.1. The zero-order valence-corrected chi connectivity index (χ0v) is 35.7. The minimum atomic E-state index is -1.20. The number of cyclic esters (lactones) is 1. The number of fused-ring (bicyclic) bond motifs is 4. The fourth-order valence-electron chi connectivity index (χ4n) is 8.24. The van der Waals surface area contributed by atoms with Crippen molar-refractivity contribution in [2.24, 2.45) is 22.9 Å². The van der Waals surface area contributed by atoms with Gasteiger partial charge in [-0.25, -0.2) is 5.01 Å². The van der Waals surface area contributed by atoms with Crippen molar-refractivity contribution in [1.29, 1.82) is 5.26 Å². The zero-order valence-electron chi connectivity index (χ0n) is 35.0. The second-order valence-electron chi connectivity index (χ2n) is 16.4. The Morgan fingerprint density at radius 1 is 1.05 bits per heavy atom. The number of ether oxygens (including phenoxy) is 1. The quantitative estimate of drug-likeness (QED) is 0.131. The Bertz CT molecular complexity index is 2370. The molecule has 2 aliphatic rings.